The van der Waals surface area contributed by atoms with Crippen LogP contribution in [0, 0.1) is 0 Å². The molecule has 0 aliphatic carbocycles. The summed E-state index contributed by atoms with van der Waals surface area (Å²) in [5.74, 6) is 0. The van der Waals surface area contributed by atoms with Gasteiger partial charge < -0.3 is 10.1 Å². The van der Waals surface area contributed by atoms with Crippen LogP contribution in [0.25, 0.3) is 0 Å². The SMILES string of the molecule is CNCc1ccc(COC(C)C)s1. The molecule has 1 aromatic heterocycles. The molecule has 2 nitrogen and oxygen atoms in total. The Balaban J connectivity index is 2.39. The van der Waals surface area contributed by atoms with Crippen molar-refractivity contribution in [1.82, 2.24) is 5.32 Å². The maximum atomic E-state index is 5.51. The molecule has 0 saturated carbocycles. The molecular weight excluding hydrogens is 182 g/mol. The van der Waals surface area contributed by atoms with Crippen LogP contribution in [-0.4, -0.2) is 13.2 Å². The van der Waals surface area contributed by atoms with E-state index in [1.807, 2.05) is 18.4 Å². The van der Waals surface area contributed by atoms with Crippen LogP contribution in [0.15, 0.2) is 12.1 Å². The molecule has 0 bridgehead atoms. The number of hydrogen-bond acceptors (Lipinski definition) is 3. The molecule has 0 fully saturated rings. The van der Waals surface area contributed by atoms with E-state index >= 15 is 0 Å². The first kappa shape index (κ1) is 10.7. The third-order valence-corrected chi connectivity index (χ3v) is 2.69. The van der Waals surface area contributed by atoms with E-state index in [2.05, 4.69) is 31.3 Å². The molecule has 0 aliphatic rings. The highest BCUT2D eigenvalue weighted by Gasteiger charge is 2.00. The largest absolute Gasteiger partial charge is 0.373 e. The van der Waals surface area contributed by atoms with Gasteiger partial charge in [0.05, 0.1) is 12.7 Å². The molecule has 0 amide bonds. The molecule has 0 saturated heterocycles. The van der Waals surface area contributed by atoms with E-state index in [9.17, 15) is 0 Å². The van der Waals surface area contributed by atoms with E-state index in [-0.39, 0.29) is 0 Å². The summed E-state index contributed by atoms with van der Waals surface area (Å²) in [7, 11) is 1.96. The number of rotatable bonds is 5. The standard InChI is InChI=1S/C10H17NOS/c1-8(2)12-7-10-5-4-9(13-10)6-11-3/h4-5,8,11H,6-7H2,1-3H3. The molecule has 1 rings (SSSR count). The van der Waals surface area contributed by atoms with Crippen LogP contribution in [0.5, 0.6) is 0 Å². The van der Waals surface area contributed by atoms with Gasteiger partial charge in [-0.1, -0.05) is 0 Å². The Bertz CT molecular complexity index is 245. The predicted octanol–water partition coefficient (Wildman–Crippen LogP) is 2.39. The van der Waals surface area contributed by atoms with Crippen molar-refractivity contribution in [3.8, 4) is 0 Å². The first-order chi connectivity index (χ1) is 6.22. The zero-order valence-corrected chi connectivity index (χ0v) is 9.28. The van der Waals surface area contributed by atoms with E-state index in [0.29, 0.717) is 6.10 Å². The minimum atomic E-state index is 0.315. The Morgan fingerprint density at radius 3 is 2.69 bits per heavy atom. The topological polar surface area (TPSA) is 21.3 Å². The molecule has 0 aliphatic heterocycles. The fraction of sp³-hybridized carbons (Fsp3) is 0.600. The molecule has 3 heteroatoms. The quantitative estimate of drug-likeness (QED) is 0.786. The van der Waals surface area contributed by atoms with Crippen LogP contribution in [0.4, 0.5) is 0 Å². The number of ether oxygens (including phenoxy) is 1. The number of thiophene rings is 1. The van der Waals surface area contributed by atoms with Gasteiger partial charge in [-0.2, -0.15) is 0 Å². The summed E-state index contributed by atoms with van der Waals surface area (Å²) in [5, 5.41) is 3.13. The molecule has 0 unspecified atom stereocenters. The normalized spacial score (nSPS) is 11.1. The lowest BCUT2D eigenvalue weighted by atomic mass is 10.4. The summed E-state index contributed by atoms with van der Waals surface area (Å²) in [5.41, 5.74) is 0. The number of hydrogen-bond donors (Lipinski definition) is 1. The van der Waals surface area contributed by atoms with Gasteiger partial charge in [0, 0.05) is 16.3 Å². The van der Waals surface area contributed by atoms with Gasteiger partial charge in [-0.05, 0) is 33.0 Å². The highest BCUT2D eigenvalue weighted by molar-refractivity contribution is 7.11. The van der Waals surface area contributed by atoms with Gasteiger partial charge in [0.25, 0.3) is 0 Å². The first-order valence-electron chi connectivity index (χ1n) is 4.56. The van der Waals surface area contributed by atoms with Gasteiger partial charge in [-0.15, -0.1) is 11.3 Å². The van der Waals surface area contributed by atoms with Crippen molar-refractivity contribution in [2.45, 2.75) is 33.1 Å². The van der Waals surface area contributed by atoms with E-state index in [4.69, 9.17) is 4.74 Å². The first-order valence-corrected chi connectivity index (χ1v) is 5.38. The zero-order chi connectivity index (χ0) is 9.68. The van der Waals surface area contributed by atoms with Gasteiger partial charge in [0.15, 0.2) is 0 Å². The van der Waals surface area contributed by atoms with Gasteiger partial charge in [-0.25, -0.2) is 0 Å². The smallest absolute Gasteiger partial charge is 0.0812 e. The second-order valence-corrected chi connectivity index (χ2v) is 4.51. The van der Waals surface area contributed by atoms with E-state index in [1.54, 1.807) is 0 Å². The molecule has 0 aromatic carbocycles. The lowest BCUT2D eigenvalue weighted by Crippen LogP contribution is -2.02. The van der Waals surface area contributed by atoms with Crippen molar-refractivity contribution in [2.24, 2.45) is 0 Å². The van der Waals surface area contributed by atoms with Crippen LogP contribution in [0.2, 0.25) is 0 Å². The summed E-state index contributed by atoms with van der Waals surface area (Å²) < 4.78 is 5.51. The van der Waals surface area contributed by atoms with Crippen LogP contribution in [-0.2, 0) is 17.9 Å². The average Bonchev–Trinajstić information content (AvgIpc) is 2.50. The Labute approximate surface area is 83.9 Å². The highest BCUT2D eigenvalue weighted by Crippen LogP contribution is 2.17. The van der Waals surface area contributed by atoms with E-state index < -0.39 is 0 Å². The summed E-state index contributed by atoms with van der Waals surface area (Å²) in [4.78, 5) is 2.67. The minimum Gasteiger partial charge on any atom is -0.373 e. The van der Waals surface area contributed by atoms with Crippen LogP contribution in [0.3, 0.4) is 0 Å². The monoisotopic (exact) mass is 199 g/mol. The third kappa shape index (κ3) is 3.89. The molecule has 74 valence electrons. The van der Waals surface area contributed by atoms with Crippen molar-refractivity contribution in [1.29, 1.82) is 0 Å². The van der Waals surface area contributed by atoms with E-state index in [1.165, 1.54) is 9.75 Å². The minimum absolute atomic E-state index is 0.315. The van der Waals surface area contributed by atoms with Gasteiger partial charge in [-0.3, -0.25) is 0 Å². The average molecular weight is 199 g/mol. The summed E-state index contributed by atoms with van der Waals surface area (Å²) in [6.07, 6.45) is 0.315. The fourth-order valence-electron chi connectivity index (χ4n) is 1.02. The van der Waals surface area contributed by atoms with E-state index in [0.717, 1.165) is 13.2 Å². The highest BCUT2D eigenvalue weighted by atomic mass is 32.1. The molecule has 0 atom stereocenters. The zero-order valence-electron chi connectivity index (χ0n) is 8.46. The van der Waals surface area contributed by atoms with Gasteiger partial charge in [0.2, 0.25) is 0 Å². The molecule has 1 heterocycles. The fourth-order valence-corrected chi connectivity index (χ4v) is 1.97. The van der Waals surface area contributed by atoms with Crippen molar-refractivity contribution in [3.05, 3.63) is 21.9 Å². The van der Waals surface area contributed by atoms with Crippen molar-refractivity contribution in [2.75, 3.05) is 7.05 Å². The summed E-state index contributed by atoms with van der Waals surface area (Å²) in [6, 6.07) is 4.29. The summed E-state index contributed by atoms with van der Waals surface area (Å²) in [6.45, 7) is 5.81. The second-order valence-electron chi connectivity index (χ2n) is 3.26. The van der Waals surface area contributed by atoms with Gasteiger partial charge >= 0.3 is 0 Å². The molecule has 1 aromatic rings. The van der Waals surface area contributed by atoms with Crippen molar-refractivity contribution in [3.63, 3.8) is 0 Å². The maximum absolute atomic E-state index is 5.51. The molecule has 0 spiro atoms. The predicted molar refractivity (Wildman–Crippen MR) is 57.0 cm³/mol. The van der Waals surface area contributed by atoms with Crippen molar-refractivity contribution >= 4 is 11.3 Å². The van der Waals surface area contributed by atoms with Crippen LogP contribution < -0.4 is 5.32 Å². The van der Waals surface area contributed by atoms with Crippen LogP contribution in [0.1, 0.15) is 23.6 Å². The third-order valence-electron chi connectivity index (χ3n) is 1.63. The Morgan fingerprint density at radius 2 is 2.08 bits per heavy atom. The number of nitrogens with one attached hydrogen (secondary N) is 1. The molecular formula is C10H17NOS. The second kappa shape index (κ2) is 5.37. The lowest BCUT2D eigenvalue weighted by molar-refractivity contribution is 0.0674. The van der Waals surface area contributed by atoms with Crippen LogP contribution >= 0.6 is 11.3 Å². The van der Waals surface area contributed by atoms with Crippen molar-refractivity contribution < 1.29 is 4.74 Å². The van der Waals surface area contributed by atoms with Gasteiger partial charge in [0.1, 0.15) is 0 Å². The molecule has 1 N–H and O–H groups in total. The lowest BCUT2D eigenvalue weighted by Gasteiger charge is -2.04. The Kier molecular flexibility index (Phi) is 4.42. The Hall–Kier alpha value is -0.380. The summed E-state index contributed by atoms with van der Waals surface area (Å²) >= 11 is 1.81. The maximum Gasteiger partial charge on any atom is 0.0812 e. The Morgan fingerprint density at radius 1 is 1.38 bits per heavy atom. The molecule has 0 radical (unpaired) electrons. The molecule has 13 heavy (non-hydrogen) atoms.